The van der Waals surface area contributed by atoms with E-state index in [-0.39, 0.29) is 30.0 Å². The Hall–Kier alpha value is -0.740. The lowest BCUT2D eigenvalue weighted by atomic mass is 9.80. The summed E-state index contributed by atoms with van der Waals surface area (Å²) in [5, 5.41) is 0. The highest BCUT2D eigenvalue weighted by molar-refractivity contribution is 9.10. The van der Waals surface area contributed by atoms with Gasteiger partial charge < -0.3 is 5.73 Å². The number of Topliss-reactive ketones (excluding diaryl/α,β-unsaturated/α-hetero) is 1. The van der Waals surface area contributed by atoms with Crippen LogP contribution in [0.2, 0.25) is 0 Å². The second kappa shape index (κ2) is 4.98. The quantitative estimate of drug-likeness (QED) is 0.928. The van der Waals surface area contributed by atoms with E-state index in [0.29, 0.717) is 17.4 Å². The molecule has 2 aliphatic carbocycles. The maximum atomic E-state index is 13.7. The average molecular weight is 326 g/mol. The summed E-state index contributed by atoms with van der Waals surface area (Å²) in [6.45, 7) is 0. The van der Waals surface area contributed by atoms with Gasteiger partial charge in [0.15, 0.2) is 0 Å². The largest absolute Gasteiger partial charge is 0.327 e. The maximum absolute atomic E-state index is 13.7. The lowest BCUT2D eigenvalue weighted by Gasteiger charge is -2.26. The minimum Gasteiger partial charge on any atom is -0.327 e. The molecule has 2 fully saturated rings. The Kier molecular flexibility index (Phi) is 3.48. The molecule has 4 atom stereocenters. The van der Waals surface area contributed by atoms with E-state index in [1.165, 1.54) is 6.07 Å². The molecular weight excluding hydrogens is 309 g/mol. The molecule has 3 rings (SSSR count). The van der Waals surface area contributed by atoms with Gasteiger partial charge in [0.1, 0.15) is 11.6 Å². The monoisotopic (exact) mass is 325 g/mol. The summed E-state index contributed by atoms with van der Waals surface area (Å²) >= 11 is 3.31. The molecule has 4 heteroatoms. The first-order chi connectivity index (χ1) is 9.06. The van der Waals surface area contributed by atoms with Crippen molar-refractivity contribution in [3.63, 3.8) is 0 Å². The SMILES string of the molecule is NC1C2CCC(C2)C1C(=O)Cc1cc(Br)ccc1F. The number of nitrogens with two attached hydrogens (primary N) is 1. The first-order valence-electron chi connectivity index (χ1n) is 6.78. The van der Waals surface area contributed by atoms with Crippen LogP contribution in [0, 0.1) is 23.6 Å². The van der Waals surface area contributed by atoms with Crippen LogP contribution in [0.4, 0.5) is 4.39 Å². The fourth-order valence-electron chi connectivity index (χ4n) is 3.80. The Morgan fingerprint density at radius 1 is 1.37 bits per heavy atom. The van der Waals surface area contributed by atoms with Crippen LogP contribution in [0.1, 0.15) is 24.8 Å². The molecule has 19 heavy (non-hydrogen) atoms. The number of halogens is 2. The normalized spacial score (nSPS) is 32.8. The number of hydrogen-bond donors (Lipinski definition) is 1. The Morgan fingerprint density at radius 2 is 2.11 bits per heavy atom. The molecule has 0 aliphatic heterocycles. The van der Waals surface area contributed by atoms with E-state index < -0.39 is 0 Å². The average Bonchev–Trinajstić information content (AvgIpc) is 2.94. The number of benzene rings is 1. The number of carbonyl (C=O) groups excluding carboxylic acids is 1. The van der Waals surface area contributed by atoms with Gasteiger partial charge in [-0.15, -0.1) is 0 Å². The van der Waals surface area contributed by atoms with Crippen LogP contribution in [0.15, 0.2) is 22.7 Å². The van der Waals surface area contributed by atoms with Crippen molar-refractivity contribution in [1.82, 2.24) is 0 Å². The fraction of sp³-hybridized carbons (Fsp3) is 0.533. The van der Waals surface area contributed by atoms with Gasteiger partial charge in [-0.05, 0) is 54.9 Å². The van der Waals surface area contributed by atoms with Gasteiger partial charge >= 0.3 is 0 Å². The number of ketones is 1. The second-order valence-corrected chi connectivity index (χ2v) is 6.73. The van der Waals surface area contributed by atoms with E-state index in [9.17, 15) is 9.18 Å². The third kappa shape index (κ3) is 2.36. The summed E-state index contributed by atoms with van der Waals surface area (Å²) in [5.41, 5.74) is 6.63. The molecule has 2 nitrogen and oxygen atoms in total. The highest BCUT2D eigenvalue weighted by Crippen LogP contribution is 2.48. The third-order valence-electron chi connectivity index (χ3n) is 4.72. The van der Waals surface area contributed by atoms with Crippen molar-refractivity contribution >= 4 is 21.7 Å². The predicted octanol–water partition coefficient (Wildman–Crippen LogP) is 3.07. The highest BCUT2D eigenvalue weighted by atomic mass is 79.9. The molecule has 102 valence electrons. The molecule has 1 aromatic rings. The van der Waals surface area contributed by atoms with Gasteiger partial charge in [0.05, 0.1) is 0 Å². The van der Waals surface area contributed by atoms with Crippen LogP contribution >= 0.6 is 15.9 Å². The Bertz CT molecular complexity index is 517. The third-order valence-corrected chi connectivity index (χ3v) is 5.22. The smallest absolute Gasteiger partial charge is 0.142 e. The van der Waals surface area contributed by atoms with Gasteiger partial charge in [0.2, 0.25) is 0 Å². The number of fused-ring (bicyclic) bond motifs is 2. The van der Waals surface area contributed by atoms with Crippen LogP contribution in [-0.2, 0) is 11.2 Å². The maximum Gasteiger partial charge on any atom is 0.142 e. The minimum atomic E-state index is -0.312. The van der Waals surface area contributed by atoms with Gasteiger partial charge in [-0.25, -0.2) is 4.39 Å². The van der Waals surface area contributed by atoms with E-state index in [1.54, 1.807) is 12.1 Å². The van der Waals surface area contributed by atoms with Gasteiger partial charge in [-0.3, -0.25) is 4.79 Å². The summed E-state index contributed by atoms with van der Waals surface area (Å²) in [6.07, 6.45) is 3.50. The van der Waals surface area contributed by atoms with Crippen LogP contribution < -0.4 is 5.73 Å². The molecule has 0 spiro atoms. The molecule has 2 saturated carbocycles. The second-order valence-electron chi connectivity index (χ2n) is 5.82. The van der Waals surface area contributed by atoms with Crippen LogP contribution in [0.25, 0.3) is 0 Å². The van der Waals surface area contributed by atoms with Crippen molar-refractivity contribution in [3.05, 3.63) is 34.1 Å². The first kappa shape index (κ1) is 13.3. The van der Waals surface area contributed by atoms with E-state index in [2.05, 4.69) is 15.9 Å². The van der Waals surface area contributed by atoms with Crippen LogP contribution in [0.5, 0.6) is 0 Å². The Morgan fingerprint density at radius 3 is 2.79 bits per heavy atom. The molecule has 2 N–H and O–H groups in total. The lowest BCUT2D eigenvalue weighted by Crippen LogP contribution is -2.40. The Balaban J connectivity index is 1.77. The molecule has 2 bridgehead atoms. The molecule has 0 aromatic heterocycles. The van der Waals surface area contributed by atoms with Crippen molar-refractivity contribution in [2.24, 2.45) is 23.5 Å². The number of hydrogen-bond acceptors (Lipinski definition) is 2. The summed E-state index contributed by atoms with van der Waals surface area (Å²) in [6, 6.07) is 4.72. The van der Waals surface area contributed by atoms with Gasteiger partial charge in [-0.2, -0.15) is 0 Å². The van der Waals surface area contributed by atoms with Crippen molar-refractivity contribution < 1.29 is 9.18 Å². The zero-order valence-corrected chi connectivity index (χ0v) is 12.2. The van der Waals surface area contributed by atoms with Crippen molar-refractivity contribution in [2.75, 3.05) is 0 Å². The number of carbonyl (C=O) groups is 1. The molecule has 1 aromatic carbocycles. The van der Waals surface area contributed by atoms with Crippen molar-refractivity contribution in [3.8, 4) is 0 Å². The zero-order valence-electron chi connectivity index (χ0n) is 10.6. The molecule has 2 aliphatic rings. The molecule has 4 unspecified atom stereocenters. The van der Waals surface area contributed by atoms with Crippen molar-refractivity contribution in [2.45, 2.75) is 31.7 Å². The highest BCUT2D eigenvalue weighted by Gasteiger charge is 2.48. The molecule has 0 saturated heterocycles. The minimum absolute atomic E-state index is 0.0125. The van der Waals surface area contributed by atoms with E-state index in [0.717, 1.165) is 23.7 Å². The molecule has 0 amide bonds. The van der Waals surface area contributed by atoms with Crippen LogP contribution in [0.3, 0.4) is 0 Å². The molecule has 0 heterocycles. The van der Waals surface area contributed by atoms with Crippen LogP contribution in [-0.4, -0.2) is 11.8 Å². The standard InChI is InChI=1S/C15H17BrFNO/c16-11-3-4-12(17)10(6-11)7-13(19)14-8-1-2-9(5-8)15(14)18/h3-4,6,8-9,14-15H,1-2,5,7,18H2. The Labute approximate surface area is 120 Å². The molecule has 0 radical (unpaired) electrons. The topological polar surface area (TPSA) is 43.1 Å². The van der Waals surface area contributed by atoms with Crippen molar-refractivity contribution in [1.29, 1.82) is 0 Å². The summed E-state index contributed by atoms with van der Waals surface area (Å²) < 4.78 is 14.5. The molecular formula is C15H17BrFNO. The lowest BCUT2D eigenvalue weighted by molar-refractivity contribution is -0.124. The van der Waals surface area contributed by atoms with E-state index in [4.69, 9.17) is 5.73 Å². The van der Waals surface area contributed by atoms with Gasteiger partial charge in [0, 0.05) is 22.9 Å². The summed E-state index contributed by atoms with van der Waals surface area (Å²) in [4.78, 5) is 12.4. The fourth-order valence-corrected chi connectivity index (χ4v) is 4.21. The summed E-state index contributed by atoms with van der Waals surface area (Å²) in [7, 11) is 0. The van der Waals surface area contributed by atoms with Gasteiger partial charge in [-0.1, -0.05) is 15.9 Å². The first-order valence-corrected chi connectivity index (χ1v) is 7.58. The van der Waals surface area contributed by atoms with Gasteiger partial charge in [0.25, 0.3) is 0 Å². The number of rotatable bonds is 3. The predicted molar refractivity (Wildman–Crippen MR) is 75.1 cm³/mol. The van der Waals surface area contributed by atoms with E-state index in [1.807, 2.05) is 0 Å². The van der Waals surface area contributed by atoms with E-state index >= 15 is 0 Å². The zero-order chi connectivity index (χ0) is 13.6. The summed E-state index contributed by atoms with van der Waals surface area (Å²) in [5.74, 6) is 0.677.